The molecule has 1 aliphatic carbocycles. The first-order valence-corrected chi connectivity index (χ1v) is 9.36. The summed E-state index contributed by atoms with van der Waals surface area (Å²) in [6.07, 6.45) is 5.29. The van der Waals surface area contributed by atoms with E-state index in [-0.39, 0.29) is 11.9 Å². The number of nitrogens with zero attached hydrogens (tertiary/aromatic N) is 1. The van der Waals surface area contributed by atoms with Crippen molar-refractivity contribution in [2.75, 3.05) is 14.2 Å². The van der Waals surface area contributed by atoms with Crippen molar-refractivity contribution in [2.45, 2.75) is 43.9 Å². The molecule has 6 heteroatoms. The third-order valence-electron chi connectivity index (χ3n) is 4.74. The van der Waals surface area contributed by atoms with E-state index in [9.17, 15) is 9.36 Å². The van der Waals surface area contributed by atoms with Crippen molar-refractivity contribution >= 4 is 13.5 Å². The zero-order valence-electron chi connectivity index (χ0n) is 13.0. The molecule has 1 unspecified atom stereocenters. The number of hydrogen-bond donors (Lipinski definition) is 0. The molecule has 22 heavy (non-hydrogen) atoms. The smallest absolute Gasteiger partial charge is 0.317 e. The lowest BCUT2D eigenvalue weighted by molar-refractivity contribution is 0.0609. The molecule has 1 aromatic rings. The van der Waals surface area contributed by atoms with Crippen LogP contribution >= 0.6 is 7.60 Å². The lowest BCUT2D eigenvalue weighted by Gasteiger charge is -2.37. The second-order valence-corrected chi connectivity index (χ2v) is 8.17. The maximum Gasteiger partial charge on any atom is 0.357 e. The Bertz CT molecular complexity index is 604. The van der Waals surface area contributed by atoms with Gasteiger partial charge in [-0.1, -0.05) is 37.5 Å². The third kappa shape index (κ3) is 2.41. The molecule has 3 rings (SSSR count). The predicted molar refractivity (Wildman–Crippen MR) is 83.9 cm³/mol. The highest BCUT2D eigenvalue weighted by Gasteiger charge is 2.51. The lowest BCUT2D eigenvalue weighted by Crippen LogP contribution is -2.39. The number of carbonyl (C=O) groups is 1. The molecule has 1 saturated carbocycles. The van der Waals surface area contributed by atoms with Crippen molar-refractivity contribution < 1.29 is 18.4 Å². The van der Waals surface area contributed by atoms with Crippen LogP contribution in [0.3, 0.4) is 0 Å². The van der Waals surface area contributed by atoms with Crippen molar-refractivity contribution in [3.05, 3.63) is 35.4 Å². The average Bonchev–Trinajstić information content (AvgIpc) is 2.89. The number of fused-ring (bicyclic) bond motifs is 1. The van der Waals surface area contributed by atoms with E-state index in [2.05, 4.69) is 0 Å². The van der Waals surface area contributed by atoms with E-state index in [0.29, 0.717) is 5.56 Å². The second-order valence-electron chi connectivity index (χ2n) is 5.87. The molecule has 0 aromatic heterocycles. The summed E-state index contributed by atoms with van der Waals surface area (Å²) in [6, 6.07) is 7.45. The van der Waals surface area contributed by atoms with Gasteiger partial charge in [-0.05, 0) is 24.5 Å². The van der Waals surface area contributed by atoms with Crippen LogP contribution in [0.25, 0.3) is 0 Å². The van der Waals surface area contributed by atoms with Crippen molar-refractivity contribution in [1.29, 1.82) is 0 Å². The summed E-state index contributed by atoms with van der Waals surface area (Å²) in [5.74, 6) is -0.684. The van der Waals surface area contributed by atoms with Crippen LogP contribution in [0.5, 0.6) is 0 Å². The zero-order chi connectivity index (χ0) is 15.7. The first kappa shape index (κ1) is 15.7. The molecule has 1 aromatic carbocycles. The molecule has 0 N–H and O–H groups in total. The zero-order valence-corrected chi connectivity index (χ0v) is 13.9. The standard InChI is InChI=1S/C16H22NO4P/c1-20-22(19,21-2)16-14-11-7-6-10-13(14)15(18)17(16)12-8-4-3-5-9-12/h6-7,10-12,16H,3-5,8-9H2,1-2H3. The molecule has 0 saturated heterocycles. The molecule has 120 valence electrons. The number of amides is 1. The van der Waals surface area contributed by atoms with E-state index in [4.69, 9.17) is 9.05 Å². The fourth-order valence-corrected chi connectivity index (χ4v) is 5.35. The summed E-state index contributed by atoms with van der Waals surface area (Å²) < 4.78 is 23.5. The van der Waals surface area contributed by atoms with Crippen molar-refractivity contribution in [1.82, 2.24) is 4.90 Å². The first-order chi connectivity index (χ1) is 10.6. The van der Waals surface area contributed by atoms with Gasteiger partial charge in [-0.2, -0.15) is 0 Å². The Hall–Kier alpha value is -1.16. The van der Waals surface area contributed by atoms with E-state index in [1.807, 2.05) is 18.2 Å². The van der Waals surface area contributed by atoms with Gasteiger partial charge in [-0.15, -0.1) is 0 Å². The molecular formula is C16H22NO4P. The molecule has 1 fully saturated rings. The van der Waals surface area contributed by atoms with Crippen molar-refractivity contribution in [3.8, 4) is 0 Å². The molecule has 5 nitrogen and oxygen atoms in total. The Morgan fingerprint density at radius 2 is 1.73 bits per heavy atom. The number of carbonyl (C=O) groups excluding carboxylic acids is 1. The van der Waals surface area contributed by atoms with Gasteiger partial charge in [0.2, 0.25) is 0 Å². The van der Waals surface area contributed by atoms with E-state index in [1.54, 1.807) is 11.0 Å². The van der Waals surface area contributed by atoms with E-state index in [1.165, 1.54) is 20.6 Å². The SMILES string of the molecule is COP(=O)(OC)C1c2ccccc2C(=O)N1C1CCCCC1. The molecule has 1 amide bonds. The Kier molecular flexibility index (Phi) is 4.40. The molecule has 0 bridgehead atoms. The fourth-order valence-electron chi connectivity index (χ4n) is 3.64. The summed E-state index contributed by atoms with van der Waals surface area (Å²) in [6.45, 7) is 0. The molecule has 0 radical (unpaired) electrons. The summed E-state index contributed by atoms with van der Waals surface area (Å²) >= 11 is 0. The summed E-state index contributed by atoms with van der Waals surface area (Å²) in [7, 11) is -0.649. The highest BCUT2D eigenvalue weighted by molar-refractivity contribution is 7.54. The minimum absolute atomic E-state index is 0.0539. The minimum Gasteiger partial charge on any atom is -0.317 e. The fraction of sp³-hybridized carbons (Fsp3) is 0.562. The van der Waals surface area contributed by atoms with Crippen LogP contribution in [0.1, 0.15) is 53.8 Å². The van der Waals surface area contributed by atoms with Crippen LogP contribution in [0.4, 0.5) is 0 Å². The number of benzene rings is 1. The number of hydrogen-bond acceptors (Lipinski definition) is 4. The molecular weight excluding hydrogens is 301 g/mol. The van der Waals surface area contributed by atoms with Crippen LogP contribution in [0.15, 0.2) is 24.3 Å². The van der Waals surface area contributed by atoms with Gasteiger partial charge in [0, 0.05) is 25.8 Å². The first-order valence-electron chi connectivity index (χ1n) is 7.75. The van der Waals surface area contributed by atoms with Crippen LogP contribution in [0.2, 0.25) is 0 Å². The Labute approximate surface area is 131 Å². The van der Waals surface area contributed by atoms with Gasteiger partial charge >= 0.3 is 7.60 Å². The minimum atomic E-state index is -3.42. The van der Waals surface area contributed by atoms with E-state index >= 15 is 0 Å². The van der Waals surface area contributed by atoms with Gasteiger partial charge in [0.15, 0.2) is 5.78 Å². The van der Waals surface area contributed by atoms with E-state index in [0.717, 1.165) is 31.2 Å². The maximum absolute atomic E-state index is 13.1. The normalized spacial score (nSPS) is 22.9. The Morgan fingerprint density at radius 3 is 2.36 bits per heavy atom. The highest BCUT2D eigenvalue weighted by Crippen LogP contribution is 2.64. The second kappa shape index (κ2) is 6.15. The third-order valence-corrected chi connectivity index (χ3v) is 6.89. The molecule has 1 atom stereocenters. The predicted octanol–water partition coefficient (Wildman–Crippen LogP) is 3.96. The van der Waals surface area contributed by atoms with E-state index < -0.39 is 13.4 Å². The van der Waals surface area contributed by atoms with Gasteiger partial charge in [0.25, 0.3) is 5.91 Å². The lowest BCUT2D eigenvalue weighted by atomic mass is 9.94. The van der Waals surface area contributed by atoms with Crippen LogP contribution < -0.4 is 0 Å². The molecule has 0 spiro atoms. The number of rotatable bonds is 4. The largest absolute Gasteiger partial charge is 0.357 e. The Balaban J connectivity index is 2.07. The van der Waals surface area contributed by atoms with Gasteiger partial charge in [-0.3, -0.25) is 9.36 Å². The van der Waals surface area contributed by atoms with Crippen LogP contribution in [0, 0.1) is 0 Å². The maximum atomic E-state index is 13.1. The molecule has 1 aliphatic heterocycles. The highest BCUT2D eigenvalue weighted by atomic mass is 31.2. The summed E-state index contributed by atoms with van der Waals surface area (Å²) in [5.41, 5.74) is 1.37. The topological polar surface area (TPSA) is 55.8 Å². The van der Waals surface area contributed by atoms with Crippen LogP contribution in [-0.4, -0.2) is 31.1 Å². The van der Waals surface area contributed by atoms with Gasteiger partial charge < -0.3 is 13.9 Å². The summed E-state index contributed by atoms with van der Waals surface area (Å²) in [4.78, 5) is 14.6. The molecule has 1 heterocycles. The van der Waals surface area contributed by atoms with Crippen LogP contribution in [-0.2, 0) is 13.6 Å². The monoisotopic (exact) mass is 323 g/mol. The van der Waals surface area contributed by atoms with Crippen molar-refractivity contribution in [2.24, 2.45) is 0 Å². The van der Waals surface area contributed by atoms with Crippen molar-refractivity contribution in [3.63, 3.8) is 0 Å². The molecule has 2 aliphatic rings. The Morgan fingerprint density at radius 1 is 1.09 bits per heavy atom. The van der Waals surface area contributed by atoms with Gasteiger partial charge in [-0.25, -0.2) is 0 Å². The average molecular weight is 323 g/mol. The van der Waals surface area contributed by atoms with Gasteiger partial charge in [0.1, 0.15) is 0 Å². The quantitative estimate of drug-likeness (QED) is 0.787. The van der Waals surface area contributed by atoms with Gasteiger partial charge in [0.05, 0.1) is 0 Å². The summed E-state index contributed by atoms with van der Waals surface area (Å²) in [5, 5.41) is 0.